The number of nitrogens with zero attached hydrogens (tertiary/aromatic N) is 3. The van der Waals surface area contributed by atoms with Crippen molar-refractivity contribution in [3.63, 3.8) is 0 Å². The highest BCUT2D eigenvalue weighted by Gasteiger charge is 2.20. The van der Waals surface area contributed by atoms with Gasteiger partial charge >= 0.3 is 0 Å². The van der Waals surface area contributed by atoms with Gasteiger partial charge in [0.15, 0.2) is 0 Å². The highest BCUT2D eigenvalue weighted by molar-refractivity contribution is 5.43. The maximum Gasteiger partial charge on any atom is 0.287 e. The van der Waals surface area contributed by atoms with E-state index < -0.39 is 4.92 Å². The third-order valence-corrected chi connectivity index (χ3v) is 2.89. The fourth-order valence-electron chi connectivity index (χ4n) is 1.85. The van der Waals surface area contributed by atoms with Gasteiger partial charge < -0.3 is 10.2 Å². The second-order valence-electron chi connectivity index (χ2n) is 3.89. The molecule has 2 heterocycles. The summed E-state index contributed by atoms with van der Waals surface area (Å²) >= 11 is 0. The van der Waals surface area contributed by atoms with Crippen LogP contribution in [0.15, 0.2) is 18.3 Å². The molecule has 1 fully saturated rings. The highest BCUT2D eigenvalue weighted by Crippen LogP contribution is 2.18. The molecule has 6 heteroatoms. The van der Waals surface area contributed by atoms with Crippen molar-refractivity contribution in [3.05, 3.63) is 28.4 Å². The fraction of sp³-hybridized carbons (Fsp3) is 0.500. The molecule has 1 atom stereocenters. The predicted octanol–water partition coefficient (Wildman–Crippen LogP) is 0.788. The molecule has 86 valence electrons. The average molecular weight is 222 g/mol. The van der Waals surface area contributed by atoms with Crippen LogP contribution in [0.1, 0.15) is 6.42 Å². The number of anilines is 1. The quantitative estimate of drug-likeness (QED) is 0.604. The van der Waals surface area contributed by atoms with Crippen LogP contribution in [0, 0.1) is 10.1 Å². The summed E-state index contributed by atoms with van der Waals surface area (Å²) in [5.74, 6) is 0.777. The smallest absolute Gasteiger partial charge is 0.287 e. The highest BCUT2D eigenvalue weighted by atomic mass is 16.6. The molecule has 1 aromatic rings. The molecule has 1 aliphatic heterocycles. The maximum absolute atomic E-state index is 10.5. The minimum atomic E-state index is -0.437. The van der Waals surface area contributed by atoms with Crippen molar-refractivity contribution in [2.24, 2.45) is 0 Å². The zero-order valence-electron chi connectivity index (χ0n) is 9.09. The lowest BCUT2D eigenvalue weighted by Gasteiger charge is -2.24. The molecule has 0 aromatic carbocycles. The van der Waals surface area contributed by atoms with Gasteiger partial charge in [0.2, 0.25) is 0 Å². The number of nitro groups is 1. The molecular weight excluding hydrogens is 208 g/mol. The van der Waals surface area contributed by atoms with Gasteiger partial charge in [-0.25, -0.2) is 4.98 Å². The normalized spacial score (nSPS) is 19.7. The van der Waals surface area contributed by atoms with Crippen molar-refractivity contribution < 1.29 is 4.92 Å². The van der Waals surface area contributed by atoms with Crippen LogP contribution in [-0.2, 0) is 0 Å². The van der Waals surface area contributed by atoms with E-state index in [1.807, 2.05) is 7.05 Å². The van der Waals surface area contributed by atoms with Gasteiger partial charge in [0.1, 0.15) is 12.0 Å². The van der Waals surface area contributed by atoms with Crippen molar-refractivity contribution in [2.75, 3.05) is 25.0 Å². The van der Waals surface area contributed by atoms with E-state index in [2.05, 4.69) is 15.2 Å². The number of pyridine rings is 1. The van der Waals surface area contributed by atoms with E-state index in [9.17, 15) is 10.1 Å². The molecule has 2 rings (SSSR count). The summed E-state index contributed by atoms with van der Waals surface area (Å²) in [6.45, 7) is 1.96. The zero-order chi connectivity index (χ0) is 11.5. The van der Waals surface area contributed by atoms with Crippen LogP contribution in [0.25, 0.3) is 0 Å². The lowest BCUT2D eigenvalue weighted by Crippen LogP contribution is -2.33. The van der Waals surface area contributed by atoms with E-state index in [0.29, 0.717) is 6.04 Å². The topological polar surface area (TPSA) is 71.3 Å². The van der Waals surface area contributed by atoms with Crippen LogP contribution in [0.2, 0.25) is 0 Å². The first-order valence-electron chi connectivity index (χ1n) is 5.22. The number of hydrogen-bond donors (Lipinski definition) is 1. The molecule has 1 saturated heterocycles. The van der Waals surface area contributed by atoms with E-state index in [1.165, 1.54) is 12.3 Å². The number of nitrogens with one attached hydrogen (secondary N) is 1. The van der Waals surface area contributed by atoms with Crippen LogP contribution in [-0.4, -0.2) is 36.1 Å². The number of likely N-dealkylation sites (N-methyl/N-ethyl adjacent to an activating group) is 1. The monoisotopic (exact) mass is 222 g/mol. The van der Waals surface area contributed by atoms with Crippen molar-refractivity contribution >= 4 is 11.5 Å². The molecule has 0 bridgehead atoms. The van der Waals surface area contributed by atoms with Gasteiger partial charge in [-0.1, -0.05) is 0 Å². The molecule has 0 radical (unpaired) electrons. The van der Waals surface area contributed by atoms with Crippen molar-refractivity contribution in [2.45, 2.75) is 12.5 Å². The molecule has 1 aromatic heterocycles. The minimum Gasteiger partial charge on any atom is -0.355 e. The summed E-state index contributed by atoms with van der Waals surface area (Å²) < 4.78 is 0. The standard InChI is InChI=1S/C10H14N4O2/c1-13(8-4-5-11-6-8)10-3-2-9(7-12-10)14(15)16/h2-3,7-8,11H,4-6H2,1H3/t8-/m0/s1. The molecule has 6 nitrogen and oxygen atoms in total. The lowest BCUT2D eigenvalue weighted by atomic mass is 10.2. The Morgan fingerprint density at radius 1 is 1.62 bits per heavy atom. The van der Waals surface area contributed by atoms with E-state index in [0.717, 1.165) is 25.3 Å². The summed E-state index contributed by atoms with van der Waals surface area (Å²) in [5.41, 5.74) is 0.0293. The first-order valence-corrected chi connectivity index (χ1v) is 5.22. The molecule has 0 unspecified atom stereocenters. The Morgan fingerprint density at radius 2 is 2.44 bits per heavy atom. The van der Waals surface area contributed by atoms with Crippen molar-refractivity contribution in [1.82, 2.24) is 10.3 Å². The number of aromatic nitrogens is 1. The Kier molecular flexibility index (Phi) is 3.00. The molecule has 0 spiro atoms. The third-order valence-electron chi connectivity index (χ3n) is 2.89. The lowest BCUT2D eigenvalue weighted by molar-refractivity contribution is -0.385. The summed E-state index contributed by atoms with van der Waals surface area (Å²) in [6, 6.07) is 3.60. The molecule has 0 saturated carbocycles. The van der Waals surface area contributed by atoms with Gasteiger partial charge in [0.05, 0.1) is 4.92 Å². The minimum absolute atomic E-state index is 0.0293. The van der Waals surface area contributed by atoms with E-state index >= 15 is 0 Å². The van der Waals surface area contributed by atoms with Crippen LogP contribution >= 0.6 is 0 Å². The Bertz CT molecular complexity index is 373. The average Bonchev–Trinajstić information content (AvgIpc) is 2.81. The first kappa shape index (κ1) is 10.8. The predicted molar refractivity (Wildman–Crippen MR) is 60.6 cm³/mol. The first-order chi connectivity index (χ1) is 7.68. The number of rotatable bonds is 3. The van der Waals surface area contributed by atoms with Gasteiger partial charge in [0, 0.05) is 25.7 Å². The van der Waals surface area contributed by atoms with Crippen LogP contribution in [0.5, 0.6) is 0 Å². The summed E-state index contributed by atoms with van der Waals surface area (Å²) in [7, 11) is 1.96. The summed E-state index contributed by atoms with van der Waals surface area (Å²) in [6.07, 6.45) is 2.38. The van der Waals surface area contributed by atoms with E-state index in [1.54, 1.807) is 6.07 Å². The van der Waals surface area contributed by atoms with Crippen LogP contribution < -0.4 is 10.2 Å². The Labute approximate surface area is 93.4 Å². The van der Waals surface area contributed by atoms with Gasteiger partial charge in [0.25, 0.3) is 5.69 Å². The van der Waals surface area contributed by atoms with Gasteiger partial charge in [-0.2, -0.15) is 0 Å². The Balaban J connectivity index is 2.11. The molecule has 1 N–H and O–H groups in total. The molecule has 0 amide bonds. The molecule has 0 aliphatic carbocycles. The second kappa shape index (κ2) is 4.44. The zero-order valence-corrected chi connectivity index (χ0v) is 9.09. The summed E-state index contributed by atoms with van der Waals surface area (Å²) in [5, 5.41) is 13.8. The van der Waals surface area contributed by atoms with Crippen molar-refractivity contribution in [1.29, 1.82) is 0 Å². The van der Waals surface area contributed by atoms with Gasteiger partial charge in [-0.15, -0.1) is 0 Å². The van der Waals surface area contributed by atoms with Gasteiger partial charge in [-0.3, -0.25) is 10.1 Å². The molecule has 1 aliphatic rings. The maximum atomic E-state index is 10.5. The third kappa shape index (κ3) is 2.11. The van der Waals surface area contributed by atoms with E-state index in [-0.39, 0.29) is 5.69 Å². The molecular formula is C10H14N4O2. The van der Waals surface area contributed by atoms with E-state index in [4.69, 9.17) is 0 Å². The summed E-state index contributed by atoms with van der Waals surface area (Å²) in [4.78, 5) is 16.2. The largest absolute Gasteiger partial charge is 0.355 e. The second-order valence-corrected chi connectivity index (χ2v) is 3.89. The van der Waals surface area contributed by atoms with Crippen LogP contribution in [0.4, 0.5) is 11.5 Å². The van der Waals surface area contributed by atoms with Crippen LogP contribution in [0.3, 0.4) is 0 Å². The van der Waals surface area contributed by atoms with Gasteiger partial charge in [-0.05, 0) is 19.0 Å². The van der Waals surface area contributed by atoms with Crippen molar-refractivity contribution in [3.8, 4) is 0 Å². The Morgan fingerprint density at radius 3 is 2.94 bits per heavy atom. The SMILES string of the molecule is CN(c1ccc([N+](=O)[O-])cn1)[C@H]1CCNC1. The fourth-order valence-corrected chi connectivity index (χ4v) is 1.85. The number of hydrogen-bond acceptors (Lipinski definition) is 5. The Hall–Kier alpha value is -1.69. The molecule has 16 heavy (non-hydrogen) atoms.